The van der Waals surface area contributed by atoms with Crippen molar-refractivity contribution in [3.8, 4) is 0 Å². The van der Waals surface area contributed by atoms with Gasteiger partial charge in [0, 0.05) is 5.56 Å². The molecule has 0 radical (unpaired) electrons. The largest absolute Gasteiger partial charge is 0.447 e. The number of nitrogens with zero attached hydrogens (tertiary/aromatic N) is 1. The van der Waals surface area contributed by atoms with E-state index >= 15 is 0 Å². The summed E-state index contributed by atoms with van der Waals surface area (Å²) >= 11 is 0. The lowest BCUT2D eigenvalue weighted by atomic mass is 10.1. The number of benzene rings is 1. The molecule has 0 saturated heterocycles. The van der Waals surface area contributed by atoms with Crippen LogP contribution < -0.4 is 0 Å². The Labute approximate surface area is 107 Å². The van der Waals surface area contributed by atoms with Crippen LogP contribution in [0.2, 0.25) is 0 Å². The zero-order valence-electron chi connectivity index (χ0n) is 9.42. The van der Waals surface area contributed by atoms with Crippen LogP contribution in [0.3, 0.4) is 0 Å². The molecular weight excluding hydrogens is 292 g/mol. The van der Waals surface area contributed by atoms with Gasteiger partial charge in [0.2, 0.25) is 0 Å². The lowest BCUT2D eigenvalue weighted by Gasteiger charge is -2.09. The third-order valence-corrected chi connectivity index (χ3v) is 2.42. The minimum atomic E-state index is -4.86. The van der Waals surface area contributed by atoms with Crippen LogP contribution in [0.25, 0.3) is 0 Å². The van der Waals surface area contributed by atoms with E-state index in [1.54, 1.807) is 0 Å². The molecular formula is C11H5F6NO2. The van der Waals surface area contributed by atoms with Crippen LogP contribution in [-0.4, -0.2) is 24.1 Å². The SMILES string of the molecule is O=C1OC(C(F)(F)F)N=C1c1ccc(C(F)(F)F)cc1. The van der Waals surface area contributed by atoms with Gasteiger partial charge >= 0.3 is 18.3 Å². The molecule has 1 aromatic carbocycles. The molecule has 0 fully saturated rings. The molecule has 108 valence electrons. The molecule has 20 heavy (non-hydrogen) atoms. The minimum absolute atomic E-state index is 0.172. The fourth-order valence-corrected chi connectivity index (χ4v) is 1.50. The molecule has 1 atom stereocenters. The van der Waals surface area contributed by atoms with E-state index in [0.717, 1.165) is 12.1 Å². The predicted molar refractivity (Wildman–Crippen MR) is 53.9 cm³/mol. The highest BCUT2D eigenvalue weighted by molar-refractivity contribution is 6.44. The lowest BCUT2D eigenvalue weighted by Crippen LogP contribution is -2.27. The molecule has 0 saturated carbocycles. The molecule has 1 aliphatic rings. The molecule has 2 rings (SSSR count). The second-order valence-corrected chi connectivity index (χ2v) is 3.85. The van der Waals surface area contributed by atoms with Gasteiger partial charge in [-0.3, -0.25) is 0 Å². The maximum Gasteiger partial charge on any atom is 0.447 e. The number of alkyl halides is 6. The molecule has 3 nitrogen and oxygen atoms in total. The van der Waals surface area contributed by atoms with Crippen LogP contribution in [0, 0.1) is 0 Å². The second-order valence-electron chi connectivity index (χ2n) is 3.85. The van der Waals surface area contributed by atoms with Gasteiger partial charge in [0.15, 0.2) is 5.71 Å². The number of aliphatic imine (C=N–C) groups is 1. The summed E-state index contributed by atoms with van der Waals surface area (Å²) in [7, 11) is 0. The second kappa shape index (κ2) is 4.50. The van der Waals surface area contributed by atoms with Crippen LogP contribution in [0.15, 0.2) is 29.3 Å². The molecule has 0 amide bonds. The van der Waals surface area contributed by atoms with Crippen molar-refractivity contribution >= 4 is 11.7 Å². The van der Waals surface area contributed by atoms with Gasteiger partial charge in [-0.15, -0.1) is 0 Å². The summed E-state index contributed by atoms with van der Waals surface area (Å²) in [5.41, 5.74) is -1.81. The van der Waals surface area contributed by atoms with Crippen molar-refractivity contribution < 1.29 is 35.9 Å². The number of carbonyl (C=O) groups is 1. The number of esters is 1. The molecule has 9 heteroatoms. The maximum atomic E-state index is 12.3. The van der Waals surface area contributed by atoms with Gasteiger partial charge in [0.05, 0.1) is 5.56 Å². The van der Waals surface area contributed by atoms with Gasteiger partial charge in [-0.05, 0) is 12.1 Å². The zero-order chi connectivity index (χ0) is 15.1. The van der Waals surface area contributed by atoms with E-state index in [4.69, 9.17) is 0 Å². The highest BCUT2D eigenvalue weighted by Crippen LogP contribution is 2.31. The first-order valence-electron chi connectivity index (χ1n) is 5.12. The van der Waals surface area contributed by atoms with Gasteiger partial charge in [0.1, 0.15) is 0 Å². The molecule has 0 aromatic heterocycles. The Morgan fingerprint density at radius 3 is 1.95 bits per heavy atom. The van der Waals surface area contributed by atoms with Gasteiger partial charge < -0.3 is 4.74 Å². The zero-order valence-corrected chi connectivity index (χ0v) is 9.42. The molecule has 1 aromatic rings. The Morgan fingerprint density at radius 2 is 1.55 bits per heavy atom. The van der Waals surface area contributed by atoms with Gasteiger partial charge in [-0.1, -0.05) is 12.1 Å². The van der Waals surface area contributed by atoms with Crippen LogP contribution in [-0.2, 0) is 15.7 Å². The Morgan fingerprint density at radius 1 is 1.00 bits per heavy atom. The summed E-state index contributed by atoms with van der Waals surface area (Å²) in [6, 6.07) is 3.02. The van der Waals surface area contributed by atoms with E-state index in [1.807, 2.05) is 0 Å². The number of rotatable bonds is 1. The molecule has 0 spiro atoms. The smallest absolute Gasteiger partial charge is 0.425 e. The highest BCUT2D eigenvalue weighted by atomic mass is 19.4. The Balaban J connectivity index is 2.30. The first-order chi connectivity index (χ1) is 9.09. The van der Waals surface area contributed by atoms with Crippen LogP contribution in [0.1, 0.15) is 11.1 Å². The van der Waals surface area contributed by atoms with E-state index in [9.17, 15) is 31.1 Å². The van der Waals surface area contributed by atoms with E-state index in [2.05, 4.69) is 9.73 Å². The average molecular weight is 297 g/mol. The summed E-state index contributed by atoms with van der Waals surface area (Å²) in [5, 5.41) is 0. The third kappa shape index (κ3) is 2.75. The fraction of sp³-hybridized carbons (Fsp3) is 0.273. The molecule has 0 aliphatic carbocycles. The Bertz CT molecular complexity index is 558. The number of cyclic esters (lactones) is 1. The number of halogens is 6. The van der Waals surface area contributed by atoms with Crippen molar-refractivity contribution in [1.29, 1.82) is 0 Å². The van der Waals surface area contributed by atoms with Crippen molar-refractivity contribution in [1.82, 2.24) is 0 Å². The number of carbonyl (C=O) groups excluding carboxylic acids is 1. The van der Waals surface area contributed by atoms with Crippen molar-refractivity contribution in [3.05, 3.63) is 35.4 Å². The molecule has 1 unspecified atom stereocenters. The maximum absolute atomic E-state index is 12.3. The molecule has 0 bridgehead atoms. The van der Waals surface area contributed by atoms with E-state index in [-0.39, 0.29) is 5.56 Å². The van der Waals surface area contributed by atoms with Crippen LogP contribution in [0.4, 0.5) is 26.3 Å². The van der Waals surface area contributed by atoms with Crippen LogP contribution >= 0.6 is 0 Å². The molecule has 0 N–H and O–H groups in total. The Kier molecular flexibility index (Phi) is 3.23. The van der Waals surface area contributed by atoms with Crippen molar-refractivity contribution in [2.75, 3.05) is 0 Å². The summed E-state index contributed by atoms with van der Waals surface area (Å²) in [6.45, 7) is 0. The van der Waals surface area contributed by atoms with Crippen molar-refractivity contribution in [3.63, 3.8) is 0 Å². The topological polar surface area (TPSA) is 38.7 Å². The standard InChI is InChI=1S/C11H5F6NO2/c12-10(13,14)6-3-1-5(2-4-6)7-8(19)20-9(18-7)11(15,16)17/h1-4,9H. The van der Waals surface area contributed by atoms with Crippen LogP contribution in [0.5, 0.6) is 0 Å². The van der Waals surface area contributed by atoms with E-state index < -0.39 is 35.8 Å². The molecule has 1 aliphatic heterocycles. The lowest BCUT2D eigenvalue weighted by molar-refractivity contribution is -0.210. The summed E-state index contributed by atoms with van der Waals surface area (Å²) in [5.74, 6) is -1.33. The normalized spacial score (nSPS) is 19.8. The first-order valence-corrected chi connectivity index (χ1v) is 5.12. The van der Waals surface area contributed by atoms with Gasteiger partial charge in [-0.2, -0.15) is 26.3 Å². The Hall–Kier alpha value is -2.06. The van der Waals surface area contributed by atoms with Gasteiger partial charge in [0.25, 0.3) is 6.23 Å². The van der Waals surface area contributed by atoms with Crippen molar-refractivity contribution in [2.45, 2.75) is 18.6 Å². The third-order valence-electron chi connectivity index (χ3n) is 2.42. The highest BCUT2D eigenvalue weighted by Gasteiger charge is 2.47. The van der Waals surface area contributed by atoms with Gasteiger partial charge in [-0.25, -0.2) is 9.79 Å². The van der Waals surface area contributed by atoms with E-state index in [1.165, 1.54) is 0 Å². The van der Waals surface area contributed by atoms with E-state index in [0.29, 0.717) is 12.1 Å². The minimum Gasteiger partial charge on any atom is -0.425 e. The fourth-order valence-electron chi connectivity index (χ4n) is 1.50. The molecule has 1 heterocycles. The quantitative estimate of drug-likeness (QED) is 0.590. The summed E-state index contributed by atoms with van der Waals surface area (Å²) in [6.07, 6.45) is -12.1. The predicted octanol–water partition coefficient (Wildman–Crippen LogP) is 2.94. The van der Waals surface area contributed by atoms with Crippen molar-refractivity contribution in [2.24, 2.45) is 4.99 Å². The number of ether oxygens (including phenoxy) is 1. The summed E-state index contributed by atoms with van der Waals surface area (Å²) < 4.78 is 77.9. The first kappa shape index (κ1) is 14.4. The average Bonchev–Trinajstić information content (AvgIpc) is 2.70. The number of hydrogen-bond donors (Lipinski definition) is 0. The summed E-state index contributed by atoms with van der Waals surface area (Å²) in [4.78, 5) is 14.3. The monoisotopic (exact) mass is 297 g/mol. The number of hydrogen-bond acceptors (Lipinski definition) is 3.